The van der Waals surface area contributed by atoms with Gasteiger partial charge in [-0.05, 0) is 43.4 Å². The molecule has 2 saturated carbocycles. The fourth-order valence-corrected chi connectivity index (χ4v) is 8.06. The lowest BCUT2D eigenvalue weighted by Gasteiger charge is -2.32. The molecule has 1 aromatic heterocycles. The molecule has 4 aliphatic rings. The molecule has 5 atom stereocenters. The molecule has 0 spiro atoms. The Morgan fingerprint density at radius 1 is 1.16 bits per heavy atom. The monoisotopic (exact) mass is 453 g/mol. The molecule has 7 nitrogen and oxygen atoms in total. The molecule has 158 valence electrons. The van der Waals surface area contributed by atoms with Crippen LogP contribution in [0.4, 0.5) is 5.69 Å². The van der Waals surface area contributed by atoms with Crippen LogP contribution >= 0.6 is 23.1 Å². The second-order valence-corrected chi connectivity index (χ2v) is 10.8. The Morgan fingerprint density at radius 2 is 1.90 bits per heavy atom. The normalized spacial score (nSPS) is 30.2. The van der Waals surface area contributed by atoms with Crippen molar-refractivity contribution in [2.24, 2.45) is 23.7 Å². The third-order valence-corrected chi connectivity index (χ3v) is 9.27. The number of hydrogen-bond acceptors (Lipinski definition) is 6. The largest absolute Gasteiger partial charge is 0.325 e. The molecule has 1 saturated heterocycles. The second-order valence-electron chi connectivity index (χ2n) is 8.63. The van der Waals surface area contributed by atoms with Gasteiger partial charge in [-0.25, -0.2) is 0 Å². The van der Waals surface area contributed by atoms with E-state index < -0.39 is 0 Å². The standard InChI is InChI=1S/C22H19N3O4S2/c1-9-2-4-10(5-3-9)23-15(26)8-25-20(27)16-11-6-13(17(16)21(25)28)18-12(11)7-14-19(31-18)24-22(29)30-14/h2-5,7,11,13,16-18H,6,8H2,1H3,(H,23,26)(H,24,29)/t11-,13+,16+,17+,18+/m0/s1. The van der Waals surface area contributed by atoms with Gasteiger partial charge in [0.1, 0.15) is 6.54 Å². The number of thiazole rings is 1. The van der Waals surface area contributed by atoms with Crippen LogP contribution in [-0.2, 0) is 14.4 Å². The van der Waals surface area contributed by atoms with Gasteiger partial charge in [-0.3, -0.25) is 24.1 Å². The van der Waals surface area contributed by atoms with Gasteiger partial charge in [0, 0.05) is 10.9 Å². The van der Waals surface area contributed by atoms with Crippen LogP contribution in [0.3, 0.4) is 0 Å². The molecule has 3 fully saturated rings. The number of carbonyl (C=O) groups is 3. The van der Waals surface area contributed by atoms with Crippen molar-refractivity contribution >= 4 is 52.6 Å². The number of aryl methyl sites for hydroxylation is 1. The van der Waals surface area contributed by atoms with E-state index >= 15 is 0 Å². The minimum absolute atomic E-state index is 0.0134. The lowest BCUT2D eigenvalue weighted by atomic mass is 9.77. The van der Waals surface area contributed by atoms with Gasteiger partial charge in [-0.2, -0.15) is 0 Å². The van der Waals surface area contributed by atoms with E-state index in [4.69, 9.17) is 0 Å². The smallest absolute Gasteiger partial charge is 0.305 e. The Morgan fingerprint density at radius 3 is 2.68 bits per heavy atom. The fourth-order valence-electron chi connectivity index (χ4n) is 5.62. The predicted molar refractivity (Wildman–Crippen MR) is 118 cm³/mol. The SMILES string of the molecule is Cc1ccc(NC(=O)CN2C(=O)[C@@H]3[C@H]4C[C@@H](C5=Cc6sc(=O)[nH]c6S[C@H]54)[C@H]3C2=O)cc1. The van der Waals surface area contributed by atoms with Gasteiger partial charge < -0.3 is 10.3 Å². The maximum absolute atomic E-state index is 13.2. The molecular formula is C22H19N3O4S2. The van der Waals surface area contributed by atoms with Crippen molar-refractivity contribution in [2.45, 2.75) is 23.6 Å². The summed E-state index contributed by atoms with van der Waals surface area (Å²) >= 11 is 2.79. The molecule has 2 aliphatic carbocycles. The number of aromatic amines is 1. The van der Waals surface area contributed by atoms with Gasteiger partial charge in [0.25, 0.3) is 0 Å². The first-order valence-electron chi connectivity index (χ1n) is 10.2. The topological polar surface area (TPSA) is 99.3 Å². The third kappa shape index (κ3) is 2.79. The minimum Gasteiger partial charge on any atom is -0.325 e. The summed E-state index contributed by atoms with van der Waals surface area (Å²) < 4.78 is 0. The van der Waals surface area contributed by atoms with E-state index in [0.717, 1.165) is 26.8 Å². The van der Waals surface area contributed by atoms with E-state index in [0.29, 0.717) is 5.69 Å². The Balaban J connectivity index is 1.23. The fraction of sp³-hybridized carbons (Fsp3) is 0.364. The summed E-state index contributed by atoms with van der Waals surface area (Å²) in [6.07, 6.45) is 2.86. The number of rotatable bonds is 3. The van der Waals surface area contributed by atoms with Crippen LogP contribution in [0.1, 0.15) is 16.9 Å². The zero-order chi connectivity index (χ0) is 21.4. The maximum atomic E-state index is 13.2. The number of fused-ring (bicyclic) bond motifs is 9. The first-order valence-corrected chi connectivity index (χ1v) is 11.9. The lowest BCUT2D eigenvalue weighted by Crippen LogP contribution is -2.39. The van der Waals surface area contributed by atoms with Crippen LogP contribution in [0.25, 0.3) is 6.08 Å². The van der Waals surface area contributed by atoms with E-state index in [-0.39, 0.29) is 58.1 Å². The highest BCUT2D eigenvalue weighted by Crippen LogP contribution is 2.64. The summed E-state index contributed by atoms with van der Waals surface area (Å²) in [5.41, 5.74) is 2.90. The van der Waals surface area contributed by atoms with Crippen LogP contribution in [0, 0.1) is 30.6 Å². The number of nitrogens with zero attached hydrogens (tertiary/aromatic N) is 1. The van der Waals surface area contributed by atoms with Crippen LogP contribution in [0.15, 0.2) is 39.7 Å². The average molecular weight is 454 g/mol. The van der Waals surface area contributed by atoms with Crippen molar-refractivity contribution in [3.8, 4) is 0 Å². The number of benzene rings is 1. The number of imide groups is 1. The van der Waals surface area contributed by atoms with Crippen molar-refractivity contribution in [1.29, 1.82) is 0 Å². The Labute approximate surface area is 185 Å². The summed E-state index contributed by atoms with van der Waals surface area (Å²) in [4.78, 5) is 55.5. The van der Waals surface area contributed by atoms with Crippen molar-refractivity contribution in [3.63, 3.8) is 0 Å². The van der Waals surface area contributed by atoms with Gasteiger partial charge in [-0.15, -0.1) is 0 Å². The number of thioether (sulfide) groups is 1. The van der Waals surface area contributed by atoms with E-state index in [1.54, 1.807) is 23.9 Å². The second kappa shape index (κ2) is 6.67. The molecule has 2 aliphatic heterocycles. The molecule has 0 radical (unpaired) electrons. The summed E-state index contributed by atoms with van der Waals surface area (Å²) in [6.45, 7) is 1.71. The summed E-state index contributed by atoms with van der Waals surface area (Å²) in [5.74, 6) is -1.52. The predicted octanol–water partition coefficient (Wildman–Crippen LogP) is 2.49. The Bertz CT molecular complexity index is 1230. The van der Waals surface area contributed by atoms with Crippen LogP contribution in [-0.4, -0.2) is 39.4 Å². The average Bonchev–Trinajstić information content (AvgIpc) is 3.45. The molecule has 2 bridgehead atoms. The maximum Gasteiger partial charge on any atom is 0.305 e. The molecular weight excluding hydrogens is 434 g/mol. The van der Waals surface area contributed by atoms with Gasteiger partial charge in [0.2, 0.25) is 17.7 Å². The molecule has 3 heterocycles. The van der Waals surface area contributed by atoms with Gasteiger partial charge in [0.15, 0.2) is 0 Å². The number of aromatic nitrogens is 1. The number of hydrogen-bond donors (Lipinski definition) is 2. The van der Waals surface area contributed by atoms with Crippen LogP contribution in [0.2, 0.25) is 0 Å². The summed E-state index contributed by atoms with van der Waals surface area (Å²) in [5, 5.41) is 3.74. The van der Waals surface area contributed by atoms with Crippen molar-refractivity contribution in [3.05, 3.63) is 49.9 Å². The highest BCUT2D eigenvalue weighted by atomic mass is 32.2. The van der Waals surface area contributed by atoms with E-state index in [9.17, 15) is 19.2 Å². The zero-order valence-corrected chi connectivity index (χ0v) is 18.2. The van der Waals surface area contributed by atoms with E-state index in [1.807, 2.05) is 25.1 Å². The molecule has 9 heteroatoms. The molecule has 3 amide bonds. The number of H-pyrrole nitrogens is 1. The molecule has 31 heavy (non-hydrogen) atoms. The number of anilines is 1. The van der Waals surface area contributed by atoms with Crippen LogP contribution in [0.5, 0.6) is 0 Å². The minimum atomic E-state index is -0.384. The molecule has 2 aromatic rings. The van der Waals surface area contributed by atoms with Crippen molar-refractivity contribution in [2.75, 3.05) is 11.9 Å². The molecule has 0 unspecified atom stereocenters. The number of carbonyl (C=O) groups excluding carboxylic acids is 3. The first-order chi connectivity index (χ1) is 14.9. The first kappa shape index (κ1) is 19.1. The summed E-state index contributed by atoms with van der Waals surface area (Å²) in [7, 11) is 0. The van der Waals surface area contributed by atoms with Gasteiger partial charge >= 0.3 is 4.87 Å². The highest BCUT2D eigenvalue weighted by Gasteiger charge is 2.66. The molecule has 6 rings (SSSR count). The molecule has 2 N–H and O–H groups in total. The van der Waals surface area contributed by atoms with Crippen molar-refractivity contribution in [1.82, 2.24) is 9.88 Å². The van der Waals surface area contributed by atoms with Gasteiger partial charge in [-0.1, -0.05) is 46.4 Å². The van der Waals surface area contributed by atoms with Gasteiger partial charge in [0.05, 0.1) is 21.7 Å². The third-order valence-electron chi connectivity index (χ3n) is 6.88. The number of amides is 3. The van der Waals surface area contributed by atoms with Crippen molar-refractivity contribution < 1.29 is 14.4 Å². The molecule has 1 aromatic carbocycles. The zero-order valence-electron chi connectivity index (χ0n) is 16.6. The Hall–Kier alpha value is -2.65. The lowest BCUT2D eigenvalue weighted by molar-refractivity contribution is -0.143. The Kier molecular flexibility index (Phi) is 4.10. The number of likely N-dealkylation sites (tertiary alicyclic amines) is 1. The number of nitrogens with one attached hydrogen (secondary N) is 2. The quantitative estimate of drug-likeness (QED) is 0.696. The van der Waals surface area contributed by atoms with E-state index in [2.05, 4.69) is 10.3 Å². The summed E-state index contributed by atoms with van der Waals surface area (Å²) in [6, 6.07) is 7.38. The van der Waals surface area contributed by atoms with Crippen LogP contribution < -0.4 is 10.2 Å². The highest BCUT2D eigenvalue weighted by molar-refractivity contribution is 8.00. The van der Waals surface area contributed by atoms with E-state index in [1.165, 1.54) is 16.9 Å².